The molecule has 0 saturated carbocycles. The summed E-state index contributed by atoms with van der Waals surface area (Å²) in [6.45, 7) is 2.46. The van der Waals surface area contributed by atoms with E-state index in [2.05, 4.69) is 140 Å². The first-order chi connectivity index (χ1) is 17.7. The second-order valence-corrected chi connectivity index (χ2v) is 12.7. The fourth-order valence-electron chi connectivity index (χ4n) is 5.45. The third-order valence-electron chi connectivity index (χ3n) is 7.29. The molecule has 3 heteroatoms. The Morgan fingerprint density at radius 3 is 1.49 bits per heavy atom. The lowest BCUT2D eigenvalue weighted by Crippen LogP contribution is -3.00. The summed E-state index contributed by atoms with van der Waals surface area (Å²) in [4.78, 5) is 0. The van der Waals surface area contributed by atoms with Gasteiger partial charge in [-0.3, -0.25) is 0 Å². The fraction of sp³-hybridized carbons (Fsp3) is 0.0588. The zero-order valence-corrected chi connectivity index (χ0v) is 24.0. The molecule has 6 rings (SSSR count). The normalized spacial score (nSPS) is 11.3. The molecule has 0 amide bonds. The van der Waals surface area contributed by atoms with E-state index in [1.165, 1.54) is 48.6 Å². The van der Waals surface area contributed by atoms with Gasteiger partial charge in [0.05, 0.1) is 13.8 Å². The van der Waals surface area contributed by atoms with E-state index in [9.17, 15) is 0 Å². The van der Waals surface area contributed by atoms with Crippen LogP contribution in [0, 0.1) is 0 Å². The maximum Gasteiger partial charge on any atom is 0.127 e. The van der Waals surface area contributed by atoms with Crippen LogP contribution in [0.4, 0.5) is 0 Å². The summed E-state index contributed by atoms with van der Waals surface area (Å²) in [6.07, 6.45) is 0. The van der Waals surface area contributed by atoms with Crippen LogP contribution >= 0.6 is 7.26 Å². The molecule has 0 unspecified atom stereocenters. The molecule has 0 spiro atoms. The zero-order chi connectivity index (χ0) is 24.5. The van der Waals surface area contributed by atoms with Crippen molar-refractivity contribution in [1.29, 1.82) is 0 Å². The van der Waals surface area contributed by atoms with Gasteiger partial charge in [-0.15, -0.1) is 0 Å². The van der Waals surface area contributed by atoms with Gasteiger partial charge in [0.25, 0.3) is 0 Å². The van der Waals surface area contributed by atoms with Gasteiger partial charge in [0.15, 0.2) is 0 Å². The largest absolute Gasteiger partial charge is 1.00 e. The predicted molar refractivity (Wildman–Crippen MR) is 158 cm³/mol. The summed E-state index contributed by atoms with van der Waals surface area (Å²) >= 11 is 0. The highest BCUT2D eigenvalue weighted by atomic mass is 127. The first-order valence-electron chi connectivity index (χ1n) is 12.3. The molecule has 0 atom stereocenters. The molecule has 0 saturated heterocycles. The molecule has 0 aliphatic heterocycles. The minimum atomic E-state index is -2.00. The average Bonchev–Trinajstić information content (AvgIpc) is 2.96. The van der Waals surface area contributed by atoms with E-state index in [0.717, 1.165) is 5.75 Å². The molecular weight excluding hydrogens is 582 g/mol. The third kappa shape index (κ3) is 4.33. The zero-order valence-electron chi connectivity index (χ0n) is 20.9. The molecule has 0 heterocycles. The van der Waals surface area contributed by atoms with Crippen LogP contribution in [0.15, 0.2) is 133 Å². The van der Waals surface area contributed by atoms with E-state index in [-0.39, 0.29) is 24.0 Å². The van der Waals surface area contributed by atoms with Crippen molar-refractivity contribution in [2.45, 2.75) is 0 Å². The van der Waals surface area contributed by atoms with Gasteiger partial charge in [0.1, 0.15) is 28.9 Å². The van der Waals surface area contributed by atoms with Gasteiger partial charge < -0.3 is 28.7 Å². The van der Waals surface area contributed by atoms with Gasteiger partial charge >= 0.3 is 0 Å². The summed E-state index contributed by atoms with van der Waals surface area (Å²) < 4.78 is 6.05. The van der Waals surface area contributed by atoms with Gasteiger partial charge in [-0.1, -0.05) is 97.1 Å². The van der Waals surface area contributed by atoms with Gasteiger partial charge in [-0.2, -0.15) is 0 Å². The molecule has 0 bridgehead atoms. The van der Waals surface area contributed by atoms with E-state index in [1.54, 1.807) is 7.11 Å². The molecular formula is C34H28IOP. The molecule has 37 heavy (non-hydrogen) atoms. The van der Waals surface area contributed by atoms with Crippen molar-refractivity contribution in [2.75, 3.05) is 13.8 Å². The Hall–Kier alpha value is -3.20. The number of hydrogen-bond acceptors (Lipinski definition) is 1. The number of rotatable bonds is 5. The van der Waals surface area contributed by atoms with Crippen LogP contribution in [0.2, 0.25) is 0 Å². The predicted octanol–water partition coefficient (Wildman–Crippen LogP) is 4.60. The van der Waals surface area contributed by atoms with Crippen molar-refractivity contribution < 1.29 is 28.7 Å². The van der Waals surface area contributed by atoms with Gasteiger partial charge in [0.2, 0.25) is 0 Å². The Morgan fingerprint density at radius 1 is 0.486 bits per heavy atom. The van der Waals surface area contributed by atoms with Crippen LogP contribution in [0.25, 0.3) is 32.7 Å². The van der Waals surface area contributed by atoms with E-state index >= 15 is 0 Å². The molecule has 0 N–H and O–H groups in total. The lowest BCUT2D eigenvalue weighted by molar-refractivity contribution is -0.00000712. The van der Waals surface area contributed by atoms with Crippen LogP contribution < -0.4 is 44.6 Å². The fourth-order valence-corrected chi connectivity index (χ4v) is 8.90. The van der Waals surface area contributed by atoms with Crippen molar-refractivity contribution in [2.24, 2.45) is 0 Å². The number of halogens is 1. The van der Waals surface area contributed by atoms with E-state index < -0.39 is 7.26 Å². The van der Waals surface area contributed by atoms with E-state index in [1.807, 2.05) is 0 Å². The minimum Gasteiger partial charge on any atom is -1.00 e. The van der Waals surface area contributed by atoms with Crippen molar-refractivity contribution in [3.63, 3.8) is 0 Å². The SMILES string of the molecule is COc1ccc2ccccc2c1-c1c([P+](C)(c2ccccc2)c2ccccc2)ccc2ccccc12.[I-]. The van der Waals surface area contributed by atoms with Crippen molar-refractivity contribution in [3.05, 3.63) is 133 Å². The van der Waals surface area contributed by atoms with E-state index in [4.69, 9.17) is 4.74 Å². The van der Waals surface area contributed by atoms with Crippen LogP contribution in [0.5, 0.6) is 5.75 Å². The average molecular weight is 610 g/mol. The summed E-state index contributed by atoms with van der Waals surface area (Å²) in [7, 11) is -0.219. The summed E-state index contributed by atoms with van der Waals surface area (Å²) in [5, 5.41) is 9.02. The van der Waals surface area contributed by atoms with Crippen molar-refractivity contribution in [1.82, 2.24) is 0 Å². The highest BCUT2D eigenvalue weighted by Gasteiger charge is 2.43. The number of methoxy groups -OCH3 is 1. The van der Waals surface area contributed by atoms with Crippen LogP contribution in [0.1, 0.15) is 0 Å². The summed E-state index contributed by atoms with van der Waals surface area (Å²) in [6, 6.07) is 48.3. The quantitative estimate of drug-likeness (QED) is 0.205. The van der Waals surface area contributed by atoms with Crippen LogP contribution in [0.3, 0.4) is 0 Å². The van der Waals surface area contributed by atoms with E-state index in [0.29, 0.717) is 0 Å². The Balaban J connectivity index is 0.00000280. The molecule has 0 radical (unpaired) electrons. The van der Waals surface area contributed by atoms with Gasteiger partial charge in [0, 0.05) is 11.1 Å². The lowest BCUT2D eigenvalue weighted by atomic mass is 9.93. The smallest absolute Gasteiger partial charge is 0.127 e. The number of hydrogen-bond donors (Lipinski definition) is 0. The van der Waals surface area contributed by atoms with Crippen LogP contribution in [-0.2, 0) is 0 Å². The molecule has 0 aliphatic carbocycles. The molecule has 1 nitrogen and oxygen atoms in total. The monoisotopic (exact) mass is 610 g/mol. The first-order valence-corrected chi connectivity index (χ1v) is 14.5. The standard InChI is InChI=1S/C34H28OP.HI/c1-35-31-23-21-25-13-9-11-19-29(25)33(31)34-30-20-12-10-14-26(30)22-24-32(34)36(2,27-15-5-3-6-16-27)28-17-7-4-8-18-28;/h3-24H,1-2H3;1H/q+1;/p-1. The maximum absolute atomic E-state index is 6.05. The number of fused-ring (bicyclic) bond motifs is 2. The Labute approximate surface area is 236 Å². The summed E-state index contributed by atoms with van der Waals surface area (Å²) in [5.74, 6) is 0.902. The number of ether oxygens (including phenoxy) is 1. The number of benzene rings is 6. The third-order valence-corrected chi connectivity index (χ3v) is 11.3. The van der Waals surface area contributed by atoms with Crippen molar-refractivity contribution >= 4 is 44.7 Å². The van der Waals surface area contributed by atoms with Crippen molar-refractivity contribution in [3.8, 4) is 16.9 Å². The topological polar surface area (TPSA) is 9.23 Å². The molecule has 6 aromatic rings. The second kappa shape index (κ2) is 10.7. The Kier molecular flexibility index (Phi) is 7.33. The van der Waals surface area contributed by atoms with Gasteiger partial charge in [-0.05, 0) is 57.9 Å². The molecule has 182 valence electrons. The Morgan fingerprint density at radius 2 is 0.946 bits per heavy atom. The molecule has 0 aromatic heterocycles. The van der Waals surface area contributed by atoms with Crippen LogP contribution in [-0.4, -0.2) is 13.8 Å². The second-order valence-electron chi connectivity index (χ2n) is 9.22. The molecule has 0 fully saturated rings. The Bertz CT molecular complexity index is 1640. The highest BCUT2D eigenvalue weighted by molar-refractivity contribution is 7.95. The maximum atomic E-state index is 6.05. The summed E-state index contributed by atoms with van der Waals surface area (Å²) in [5.41, 5.74) is 2.44. The molecule has 0 aliphatic rings. The lowest BCUT2D eigenvalue weighted by Gasteiger charge is -2.27. The minimum absolute atomic E-state index is 0. The van der Waals surface area contributed by atoms with Gasteiger partial charge in [-0.25, -0.2) is 0 Å². The molecule has 6 aromatic carbocycles. The first kappa shape index (κ1) is 25.4. The highest BCUT2D eigenvalue weighted by Crippen LogP contribution is 2.55.